The first-order chi connectivity index (χ1) is 6.68. The maximum absolute atomic E-state index is 11.2. The average molecular weight is 185 g/mol. The van der Waals surface area contributed by atoms with E-state index in [4.69, 9.17) is 5.73 Å². The van der Waals surface area contributed by atoms with Crippen molar-refractivity contribution in [1.29, 1.82) is 0 Å². The number of carbonyl (C=O) groups excluding carboxylic acids is 1. The lowest BCUT2D eigenvalue weighted by molar-refractivity contribution is 0.100. The molecule has 0 unspecified atom stereocenters. The van der Waals surface area contributed by atoms with Gasteiger partial charge in [-0.3, -0.25) is 4.79 Å². The van der Waals surface area contributed by atoms with E-state index in [1.54, 1.807) is 0 Å². The van der Waals surface area contributed by atoms with Crippen molar-refractivity contribution in [3.63, 3.8) is 0 Å². The first-order valence-electron chi connectivity index (χ1n) is 4.47. The van der Waals surface area contributed by atoms with Crippen molar-refractivity contribution < 1.29 is 4.79 Å². The molecule has 0 aliphatic heterocycles. The molecule has 0 saturated carbocycles. The van der Waals surface area contributed by atoms with Crippen molar-refractivity contribution in [2.75, 3.05) is 0 Å². The Labute approximate surface area is 82.3 Å². The van der Waals surface area contributed by atoms with E-state index < -0.39 is 0 Å². The summed E-state index contributed by atoms with van der Waals surface area (Å²) in [6.45, 7) is 1.96. The predicted molar refractivity (Wildman–Crippen MR) is 57.2 cm³/mol. The van der Waals surface area contributed by atoms with Crippen LogP contribution in [-0.4, -0.2) is 5.91 Å². The lowest BCUT2D eigenvalue weighted by Crippen LogP contribution is -2.11. The molecule has 0 fully saturated rings. The Kier molecular flexibility index (Phi) is 1.97. The molecule has 14 heavy (non-hydrogen) atoms. The van der Waals surface area contributed by atoms with Gasteiger partial charge in [0.2, 0.25) is 5.91 Å². The van der Waals surface area contributed by atoms with Crippen molar-refractivity contribution >= 4 is 16.7 Å². The zero-order chi connectivity index (χ0) is 10.1. The molecule has 2 aromatic rings. The summed E-state index contributed by atoms with van der Waals surface area (Å²) in [5, 5.41) is 1.98. The molecule has 2 nitrogen and oxygen atoms in total. The van der Waals surface area contributed by atoms with Crippen LogP contribution in [0.25, 0.3) is 10.8 Å². The number of hydrogen-bond donors (Lipinski definition) is 1. The van der Waals surface area contributed by atoms with Gasteiger partial charge >= 0.3 is 0 Å². The molecular formula is C12H11NO. The molecule has 0 atom stereocenters. The van der Waals surface area contributed by atoms with Gasteiger partial charge in [-0.1, -0.05) is 30.3 Å². The molecule has 0 spiro atoms. The number of primary amides is 1. The summed E-state index contributed by atoms with van der Waals surface area (Å²) < 4.78 is 0. The number of aryl methyl sites for hydroxylation is 1. The van der Waals surface area contributed by atoms with E-state index >= 15 is 0 Å². The Bertz CT molecular complexity index is 503. The van der Waals surface area contributed by atoms with Gasteiger partial charge < -0.3 is 5.73 Å². The smallest absolute Gasteiger partial charge is 0.249 e. The summed E-state index contributed by atoms with van der Waals surface area (Å²) in [4.78, 5) is 11.2. The van der Waals surface area contributed by atoms with Crippen LogP contribution in [0, 0.1) is 6.92 Å². The van der Waals surface area contributed by atoms with Crippen molar-refractivity contribution in [3.8, 4) is 0 Å². The SMILES string of the molecule is Cc1cc(C(N)=O)c2ccccc2c1. The molecule has 0 aliphatic carbocycles. The topological polar surface area (TPSA) is 43.1 Å². The van der Waals surface area contributed by atoms with Crippen LogP contribution in [0.3, 0.4) is 0 Å². The number of benzene rings is 2. The molecule has 2 rings (SSSR count). The van der Waals surface area contributed by atoms with E-state index in [0.717, 1.165) is 16.3 Å². The molecule has 2 aromatic carbocycles. The van der Waals surface area contributed by atoms with E-state index in [-0.39, 0.29) is 5.91 Å². The van der Waals surface area contributed by atoms with E-state index in [9.17, 15) is 4.79 Å². The van der Waals surface area contributed by atoms with Crippen molar-refractivity contribution in [1.82, 2.24) is 0 Å². The van der Waals surface area contributed by atoms with Gasteiger partial charge in [-0.25, -0.2) is 0 Å². The fourth-order valence-electron chi connectivity index (χ4n) is 1.66. The Hall–Kier alpha value is -1.83. The molecule has 0 aliphatic rings. The first kappa shape index (κ1) is 8.75. The van der Waals surface area contributed by atoms with Crippen LogP contribution in [0.5, 0.6) is 0 Å². The highest BCUT2D eigenvalue weighted by Gasteiger charge is 2.06. The number of amides is 1. The van der Waals surface area contributed by atoms with E-state index in [1.165, 1.54) is 0 Å². The summed E-state index contributed by atoms with van der Waals surface area (Å²) in [6.07, 6.45) is 0. The Morgan fingerprint density at radius 2 is 1.93 bits per heavy atom. The first-order valence-corrected chi connectivity index (χ1v) is 4.47. The molecule has 1 amide bonds. The number of carbonyl (C=O) groups is 1. The van der Waals surface area contributed by atoms with Crippen LogP contribution in [-0.2, 0) is 0 Å². The summed E-state index contributed by atoms with van der Waals surface area (Å²) >= 11 is 0. The fraction of sp³-hybridized carbons (Fsp3) is 0.0833. The Morgan fingerprint density at radius 3 is 2.64 bits per heavy atom. The van der Waals surface area contributed by atoms with Crippen LogP contribution < -0.4 is 5.73 Å². The largest absolute Gasteiger partial charge is 0.366 e. The van der Waals surface area contributed by atoms with Gasteiger partial charge in [0.25, 0.3) is 0 Å². The van der Waals surface area contributed by atoms with E-state index in [2.05, 4.69) is 0 Å². The standard InChI is InChI=1S/C12H11NO/c1-8-6-9-4-2-3-5-10(9)11(7-8)12(13)14/h2-7H,1H3,(H2,13,14). The second-order valence-corrected chi connectivity index (χ2v) is 3.40. The van der Waals surface area contributed by atoms with Crippen LogP contribution >= 0.6 is 0 Å². The minimum Gasteiger partial charge on any atom is -0.366 e. The van der Waals surface area contributed by atoms with E-state index in [1.807, 2.05) is 43.3 Å². The minimum absolute atomic E-state index is 0.370. The molecule has 2 heteroatoms. The van der Waals surface area contributed by atoms with Gasteiger partial charge in [0.05, 0.1) is 0 Å². The van der Waals surface area contributed by atoms with E-state index in [0.29, 0.717) is 5.56 Å². The average Bonchev–Trinajstić information content (AvgIpc) is 2.16. The highest BCUT2D eigenvalue weighted by atomic mass is 16.1. The second kappa shape index (κ2) is 3.14. The third-order valence-electron chi connectivity index (χ3n) is 2.27. The number of fused-ring (bicyclic) bond motifs is 1. The van der Waals surface area contributed by atoms with Crippen LogP contribution in [0.2, 0.25) is 0 Å². The number of hydrogen-bond acceptors (Lipinski definition) is 1. The molecule has 0 radical (unpaired) electrons. The predicted octanol–water partition coefficient (Wildman–Crippen LogP) is 2.25. The van der Waals surface area contributed by atoms with Gasteiger partial charge in [-0.05, 0) is 29.3 Å². The summed E-state index contributed by atoms with van der Waals surface area (Å²) in [6, 6.07) is 11.6. The molecule has 70 valence electrons. The van der Waals surface area contributed by atoms with Gasteiger partial charge in [0.15, 0.2) is 0 Å². The molecule has 0 heterocycles. The van der Waals surface area contributed by atoms with Crippen molar-refractivity contribution in [3.05, 3.63) is 47.5 Å². The maximum atomic E-state index is 11.2. The quantitative estimate of drug-likeness (QED) is 0.727. The van der Waals surface area contributed by atoms with Crippen LogP contribution in [0.1, 0.15) is 15.9 Å². The third-order valence-corrected chi connectivity index (χ3v) is 2.27. The molecular weight excluding hydrogens is 174 g/mol. The fourth-order valence-corrected chi connectivity index (χ4v) is 1.66. The van der Waals surface area contributed by atoms with Crippen LogP contribution in [0.4, 0.5) is 0 Å². The number of nitrogens with two attached hydrogens (primary N) is 1. The van der Waals surface area contributed by atoms with Crippen molar-refractivity contribution in [2.45, 2.75) is 6.92 Å². The molecule has 0 aromatic heterocycles. The lowest BCUT2D eigenvalue weighted by Gasteiger charge is -2.04. The minimum atomic E-state index is -0.370. The Morgan fingerprint density at radius 1 is 1.21 bits per heavy atom. The lowest BCUT2D eigenvalue weighted by atomic mass is 10.0. The zero-order valence-corrected chi connectivity index (χ0v) is 7.95. The van der Waals surface area contributed by atoms with Crippen LogP contribution in [0.15, 0.2) is 36.4 Å². The normalized spacial score (nSPS) is 10.4. The molecule has 2 N–H and O–H groups in total. The van der Waals surface area contributed by atoms with Gasteiger partial charge in [-0.2, -0.15) is 0 Å². The Balaban J connectivity index is 2.87. The summed E-state index contributed by atoms with van der Waals surface area (Å²) in [5.74, 6) is -0.370. The zero-order valence-electron chi connectivity index (χ0n) is 7.95. The third kappa shape index (κ3) is 1.35. The molecule has 0 bridgehead atoms. The second-order valence-electron chi connectivity index (χ2n) is 3.40. The summed E-state index contributed by atoms with van der Waals surface area (Å²) in [5.41, 5.74) is 6.96. The van der Waals surface area contributed by atoms with Gasteiger partial charge in [0, 0.05) is 5.56 Å². The summed E-state index contributed by atoms with van der Waals surface area (Å²) in [7, 11) is 0. The van der Waals surface area contributed by atoms with Gasteiger partial charge in [0.1, 0.15) is 0 Å². The van der Waals surface area contributed by atoms with Gasteiger partial charge in [-0.15, -0.1) is 0 Å². The van der Waals surface area contributed by atoms with Crippen molar-refractivity contribution in [2.24, 2.45) is 5.73 Å². The molecule has 0 saturated heterocycles. The number of rotatable bonds is 1. The maximum Gasteiger partial charge on any atom is 0.249 e. The highest BCUT2D eigenvalue weighted by Crippen LogP contribution is 2.20. The highest BCUT2D eigenvalue weighted by molar-refractivity contribution is 6.06. The monoisotopic (exact) mass is 185 g/mol.